The van der Waals surface area contributed by atoms with E-state index in [1.54, 1.807) is 31.2 Å². The Labute approximate surface area is 124 Å². The Hall–Kier alpha value is -1.35. The third-order valence-electron chi connectivity index (χ3n) is 3.16. The van der Waals surface area contributed by atoms with Crippen LogP contribution in [-0.2, 0) is 10.0 Å². The predicted octanol–water partition coefficient (Wildman–Crippen LogP) is -0.300. The van der Waals surface area contributed by atoms with Crippen LogP contribution in [0.3, 0.4) is 0 Å². The molecule has 0 aliphatic rings. The second-order valence-corrected chi connectivity index (χ2v) is 6.63. The third-order valence-corrected chi connectivity index (χ3v) is 4.60. The number of nitrogens with one attached hydrogen (secondary N) is 1. The fourth-order valence-corrected chi connectivity index (χ4v) is 2.96. The van der Waals surface area contributed by atoms with Crippen molar-refractivity contribution in [2.24, 2.45) is 0 Å². The maximum Gasteiger partial charge on any atom is 0.215 e. The number of hydrogen-bond donors (Lipinski definition) is 4. The van der Waals surface area contributed by atoms with Gasteiger partial charge in [-0.05, 0) is 30.7 Å². The Morgan fingerprint density at radius 1 is 1.24 bits per heavy atom. The van der Waals surface area contributed by atoms with E-state index >= 15 is 0 Å². The van der Waals surface area contributed by atoms with Crippen LogP contribution < -0.4 is 15.2 Å². The number of benzene rings is 1. The van der Waals surface area contributed by atoms with Gasteiger partial charge >= 0.3 is 0 Å². The number of hydrogen-bond acceptors (Lipinski definition) is 6. The second kappa shape index (κ2) is 7.60. The molecule has 120 valence electrons. The number of ether oxygens (including phenoxy) is 1. The highest BCUT2D eigenvalue weighted by atomic mass is 32.2. The van der Waals surface area contributed by atoms with E-state index in [4.69, 9.17) is 10.5 Å². The fraction of sp³-hybridized carbons (Fsp3) is 0.538. The van der Waals surface area contributed by atoms with Crippen LogP contribution in [0.2, 0.25) is 0 Å². The number of sulfonamides is 1. The van der Waals surface area contributed by atoms with Gasteiger partial charge in [0, 0.05) is 5.69 Å². The minimum Gasteiger partial charge on any atom is -0.492 e. The summed E-state index contributed by atoms with van der Waals surface area (Å²) >= 11 is 0. The molecule has 0 amide bonds. The molecule has 0 heterocycles. The first-order chi connectivity index (χ1) is 9.86. The minimum absolute atomic E-state index is 0.0457. The quantitative estimate of drug-likeness (QED) is 0.464. The Balaban J connectivity index is 2.55. The Kier molecular flexibility index (Phi) is 6.41. The number of aliphatic hydroxyl groups excluding tert-OH is 2. The molecule has 0 fully saturated rings. The van der Waals surface area contributed by atoms with Crippen molar-refractivity contribution in [3.05, 3.63) is 24.3 Å². The van der Waals surface area contributed by atoms with Crippen LogP contribution in [0.4, 0.5) is 5.69 Å². The number of nitrogen functional groups attached to an aromatic ring is 1. The maximum absolute atomic E-state index is 11.9. The highest BCUT2D eigenvalue weighted by molar-refractivity contribution is 7.89. The van der Waals surface area contributed by atoms with Gasteiger partial charge < -0.3 is 20.7 Å². The highest BCUT2D eigenvalue weighted by Gasteiger charge is 2.31. The first-order valence-electron chi connectivity index (χ1n) is 6.58. The summed E-state index contributed by atoms with van der Waals surface area (Å²) in [7, 11) is -3.67. The number of anilines is 1. The van der Waals surface area contributed by atoms with Crippen LogP contribution in [0.5, 0.6) is 5.75 Å². The molecule has 1 rings (SSSR count). The minimum atomic E-state index is -3.67. The van der Waals surface area contributed by atoms with Gasteiger partial charge in [-0.1, -0.05) is 6.92 Å². The number of nitrogens with two attached hydrogens (primary N) is 1. The van der Waals surface area contributed by atoms with Gasteiger partial charge in [-0.25, -0.2) is 13.1 Å². The van der Waals surface area contributed by atoms with Gasteiger partial charge in [-0.15, -0.1) is 0 Å². The van der Waals surface area contributed by atoms with Crippen LogP contribution in [0.25, 0.3) is 0 Å². The van der Waals surface area contributed by atoms with Gasteiger partial charge in [0.15, 0.2) is 0 Å². The van der Waals surface area contributed by atoms with Crippen molar-refractivity contribution in [1.29, 1.82) is 0 Å². The van der Waals surface area contributed by atoms with E-state index in [0.29, 0.717) is 11.4 Å². The lowest BCUT2D eigenvalue weighted by Gasteiger charge is -2.29. The van der Waals surface area contributed by atoms with Gasteiger partial charge in [-0.2, -0.15) is 0 Å². The van der Waals surface area contributed by atoms with Crippen LogP contribution in [0.15, 0.2) is 24.3 Å². The average Bonchev–Trinajstić information content (AvgIpc) is 2.47. The van der Waals surface area contributed by atoms with Crippen LogP contribution in [0, 0.1) is 0 Å². The summed E-state index contributed by atoms with van der Waals surface area (Å²) in [4.78, 5) is 0. The summed E-state index contributed by atoms with van der Waals surface area (Å²) in [6.45, 7) is 0.686. The Morgan fingerprint density at radius 3 is 2.29 bits per heavy atom. The molecule has 7 nitrogen and oxygen atoms in total. The molecule has 0 aliphatic heterocycles. The van der Waals surface area contributed by atoms with E-state index in [2.05, 4.69) is 4.72 Å². The van der Waals surface area contributed by atoms with Gasteiger partial charge in [0.05, 0.1) is 24.5 Å². The molecule has 0 unspecified atom stereocenters. The summed E-state index contributed by atoms with van der Waals surface area (Å²) in [5.74, 6) is 0.240. The first kappa shape index (κ1) is 17.7. The van der Waals surface area contributed by atoms with Crippen molar-refractivity contribution >= 4 is 15.7 Å². The van der Waals surface area contributed by atoms with E-state index < -0.39 is 28.8 Å². The van der Waals surface area contributed by atoms with E-state index in [0.717, 1.165) is 0 Å². The van der Waals surface area contributed by atoms with Crippen LogP contribution in [-0.4, -0.2) is 49.7 Å². The first-order valence-corrected chi connectivity index (χ1v) is 8.23. The summed E-state index contributed by atoms with van der Waals surface area (Å²) in [5.41, 5.74) is 4.89. The average molecular weight is 318 g/mol. The monoisotopic (exact) mass is 318 g/mol. The lowest BCUT2D eigenvalue weighted by atomic mass is 10.0. The third kappa shape index (κ3) is 5.50. The predicted molar refractivity (Wildman–Crippen MR) is 80.5 cm³/mol. The zero-order chi connectivity index (χ0) is 15.9. The maximum atomic E-state index is 11.9. The molecule has 0 aliphatic carbocycles. The lowest BCUT2D eigenvalue weighted by Crippen LogP contribution is -2.54. The highest BCUT2D eigenvalue weighted by Crippen LogP contribution is 2.14. The molecule has 0 saturated carbocycles. The SMILES string of the molecule is CCC(CO)(CO)NS(=O)(=O)CCOc1ccc(N)cc1. The molecule has 0 saturated heterocycles. The van der Waals surface area contributed by atoms with Crippen LogP contribution in [0.1, 0.15) is 13.3 Å². The molecule has 0 aromatic heterocycles. The molecular formula is C13H22N2O5S. The summed E-state index contributed by atoms with van der Waals surface area (Å²) < 4.78 is 31.5. The molecule has 0 radical (unpaired) electrons. The van der Waals surface area contributed by atoms with Crippen molar-refractivity contribution in [3.8, 4) is 5.75 Å². The topological polar surface area (TPSA) is 122 Å². The molecule has 0 atom stereocenters. The number of aliphatic hydroxyl groups is 2. The molecular weight excluding hydrogens is 296 g/mol. The van der Waals surface area contributed by atoms with E-state index in [9.17, 15) is 18.6 Å². The number of rotatable bonds is 9. The normalized spacial score (nSPS) is 12.3. The molecule has 1 aromatic carbocycles. The Bertz CT molecular complexity index is 518. The summed E-state index contributed by atoms with van der Waals surface area (Å²) in [5, 5.41) is 18.5. The zero-order valence-electron chi connectivity index (χ0n) is 11.9. The van der Waals surface area contributed by atoms with Crippen molar-refractivity contribution in [2.75, 3.05) is 31.3 Å². The van der Waals surface area contributed by atoms with E-state index in [1.807, 2.05) is 0 Å². The van der Waals surface area contributed by atoms with Gasteiger partial charge in [0.1, 0.15) is 12.4 Å². The van der Waals surface area contributed by atoms with Crippen molar-refractivity contribution in [3.63, 3.8) is 0 Å². The molecule has 1 aromatic rings. The molecule has 0 bridgehead atoms. The molecule has 0 spiro atoms. The summed E-state index contributed by atoms with van der Waals surface area (Å²) in [6, 6.07) is 6.60. The smallest absolute Gasteiger partial charge is 0.215 e. The van der Waals surface area contributed by atoms with E-state index in [1.165, 1.54) is 0 Å². The van der Waals surface area contributed by atoms with Crippen molar-refractivity contribution < 1.29 is 23.4 Å². The van der Waals surface area contributed by atoms with Gasteiger partial charge in [0.25, 0.3) is 0 Å². The van der Waals surface area contributed by atoms with Gasteiger partial charge in [0.2, 0.25) is 10.0 Å². The van der Waals surface area contributed by atoms with E-state index in [-0.39, 0.29) is 18.8 Å². The second-order valence-electron chi connectivity index (χ2n) is 4.79. The molecule has 21 heavy (non-hydrogen) atoms. The molecule has 8 heteroatoms. The van der Waals surface area contributed by atoms with Crippen molar-refractivity contribution in [1.82, 2.24) is 4.72 Å². The largest absolute Gasteiger partial charge is 0.492 e. The zero-order valence-corrected chi connectivity index (χ0v) is 12.8. The molecule has 5 N–H and O–H groups in total. The Morgan fingerprint density at radius 2 is 1.81 bits per heavy atom. The van der Waals surface area contributed by atoms with Gasteiger partial charge in [-0.3, -0.25) is 0 Å². The fourth-order valence-electron chi connectivity index (χ4n) is 1.62. The standard InChI is InChI=1S/C13H22N2O5S/c1-2-13(9-16,10-17)15-21(18,19)8-7-20-12-5-3-11(14)4-6-12/h3-6,15-17H,2,7-10,14H2,1H3. The lowest BCUT2D eigenvalue weighted by molar-refractivity contribution is 0.105. The van der Waals surface area contributed by atoms with Crippen LogP contribution >= 0.6 is 0 Å². The van der Waals surface area contributed by atoms with Crippen molar-refractivity contribution in [2.45, 2.75) is 18.9 Å². The summed E-state index contributed by atoms with van der Waals surface area (Å²) in [6.07, 6.45) is 0.276.